The van der Waals surface area contributed by atoms with Crippen LogP contribution in [0.15, 0.2) is 54.6 Å². The predicted octanol–water partition coefficient (Wildman–Crippen LogP) is 6.84. The number of nitrogens with zero attached hydrogens (tertiary/aromatic N) is 1. The van der Waals surface area contributed by atoms with E-state index >= 15 is 0 Å². The quantitative estimate of drug-likeness (QED) is 0.376. The van der Waals surface area contributed by atoms with Gasteiger partial charge >= 0.3 is 0 Å². The Morgan fingerprint density at radius 2 is 1.72 bits per heavy atom. The maximum absolute atomic E-state index is 12.5. The highest BCUT2D eigenvalue weighted by atomic mass is 35.5. The lowest BCUT2D eigenvalue weighted by Crippen LogP contribution is -2.12. The van der Waals surface area contributed by atoms with Gasteiger partial charge in [-0.2, -0.15) is 0 Å². The Morgan fingerprint density at radius 1 is 1.03 bits per heavy atom. The first-order valence-corrected chi connectivity index (χ1v) is 10.3. The normalized spacial score (nSPS) is 10.9. The van der Waals surface area contributed by atoms with Gasteiger partial charge in [-0.1, -0.05) is 29.3 Å². The van der Waals surface area contributed by atoms with Crippen molar-refractivity contribution < 1.29 is 9.53 Å². The lowest BCUT2D eigenvalue weighted by Gasteiger charge is -2.10. The van der Waals surface area contributed by atoms with Crippen LogP contribution in [-0.2, 0) is 0 Å². The van der Waals surface area contributed by atoms with E-state index in [9.17, 15) is 4.79 Å². The molecule has 0 fully saturated rings. The van der Waals surface area contributed by atoms with Crippen LogP contribution in [0.4, 0.5) is 5.69 Å². The number of anilines is 1. The highest BCUT2D eigenvalue weighted by Gasteiger charge is 2.14. The Morgan fingerprint density at radius 3 is 2.38 bits per heavy atom. The van der Waals surface area contributed by atoms with Gasteiger partial charge in [0.25, 0.3) is 5.91 Å². The Hall–Kier alpha value is -2.60. The molecule has 4 nitrogen and oxygen atoms in total. The SMILES string of the molecule is COc1c(Cl)cc(C(=O)Nc2ccc(-c3nc4ccc(C)cc4s3)cc2)cc1Cl. The van der Waals surface area contributed by atoms with E-state index in [2.05, 4.69) is 29.4 Å². The lowest BCUT2D eigenvalue weighted by atomic mass is 10.1. The number of halogens is 2. The number of aromatic nitrogens is 1. The second-order valence-corrected chi connectivity index (χ2v) is 8.34. The molecule has 0 saturated carbocycles. The van der Waals surface area contributed by atoms with Crippen molar-refractivity contribution in [2.24, 2.45) is 0 Å². The molecule has 4 aromatic rings. The van der Waals surface area contributed by atoms with Gasteiger partial charge in [0.15, 0.2) is 5.75 Å². The number of benzene rings is 3. The maximum Gasteiger partial charge on any atom is 0.255 e. The molecule has 0 unspecified atom stereocenters. The fraction of sp³-hybridized carbons (Fsp3) is 0.0909. The highest BCUT2D eigenvalue weighted by molar-refractivity contribution is 7.21. The molecule has 0 saturated heterocycles. The number of hydrogen-bond donors (Lipinski definition) is 1. The number of carbonyl (C=O) groups excluding carboxylic acids is 1. The van der Waals surface area contributed by atoms with Crippen LogP contribution in [0.2, 0.25) is 10.0 Å². The van der Waals surface area contributed by atoms with E-state index in [1.165, 1.54) is 24.8 Å². The molecule has 0 bridgehead atoms. The number of carbonyl (C=O) groups is 1. The van der Waals surface area contributed by atoms with Crippen LogP contribution < -0.4 is 10.1 Å². The average molecular weight is 443 g/mol. The van der Waals surface area contributed by atoms with Crippen LogP contribution in [-0.4, -0.2) is 18.0 Å². The molecule has 0 aliphatic rings. The Labute approximate surface area is 182 Å². The minimum absolute atomic E-state index is 0.284. The zero-order chi connectivity index (χ0) is 20.5. The summed E-state index contributed by atoms with van der Waals surface area (Å²) in [6, 6.07) is 16.8. The van der Waals surface area contributed by atoms with E-state index in [-0.39, 0.29) is 16.0 Å². The van der Waals surface area contributed by atoms with Gasteiger partial charge in [0.1, 0.15) is 5.01 Å². The van der Waals surface area contributed by atoms with Crippen molar-refractivity contribution in [1.82, 2.24) is 4.98 Å². The summed E-state index contributed by atoms with van der Waals surface area (Å²) in [5.41, 5.74) is 4.22. The number of fused-ring (bicyclic) bond motifs is 1. The smallest absolute Gasteiger partial charge is 0.255 e. The summed E-state index contributed by atoms with van der Waals surface area (Å²) in [5, 5.41) is 4.36. The van der Waals surface area contributed by atoms with E-state index in [4.69, 9.17) is 27.9 Å². The molecule has 1 N–H and O–H groups in total. The van der Waals surface area contributed by atoms with Crippen molar-refractivity contribution in [3.63, 3.8) is 0 Å². The molecule has 1 amide bonds. The summed E-state index contributed by atoms with van der Waals surface area (Å²) in [7, 11) is 1.47. The monoisotopic (exact) mass is 442 g/mol. The van der Waals surface area contributed by atoms with Gasteiger partial charge in [0.05, 0.1) is 27.4 Å². The molecular formula is C22H16Cl2N2O2S. The van der Waals surface area contributed by atoms with Gasteiger partial charge in [-0.25, -0.2) is 4.98 Å². The van der Waals surface area contributed by atoms with Crippen LogP contribution in [0.3, 0.4) is 0 Å². The lowest BCUT2D eigenvalue weighted by molar-refractivity contribution is 0.102. The molecule has 3 aromatic carbocycles. The number of amides is 1. The molecule has 1 heterocycles. The minimum atomic E-state index is -0.306. The summed E-state index contributed by atoms with van der Waals surface area (Å²) in [5.74, 6) is 0.0416. The standard InChI is InChI=1S/C22H16Cl2N2O2S/c1-12-3-8-18-19(9-12)29-22(26-18)13-4-6-15(7-5-13)25-21(27)14-10-16(23)20(28-2)17(24)11-14/h3-11H,1-2H3,(H,25,27). The molecule has 7 heteroatoms. The molecular weight excluding hydrogens is 427 g/mol. The van der Waals surface area contributed by atoms with E-state index in [1.54, 1.807) is 11.3 Å². The number of hydrogen-bond acceptors (Lipinski definition) is 4. The van der Waals surface area contributed by atoms with Crippen LogP contribution >= 0.6 is 34.5 Å². The van der Waals surface area contributed by atoms with Gasteiger partial charge in [-0.05, 0) is 61.0 Å². The first kappa shape index (κ1) is 19.7. The predicted molar refractivity (Wildman–Crippen MR) is 121 cm³/mol. The van der Waals surface area contributed by atoms with Crippen molar-refractivity contribution in [3.05, 3.63) is 75.8 Å². The Kier molecular flexibility index (Phi) is 5.46. The molecule has 0 aliphatic heterocycles. The first-order chi connectivity index (χ1) is 13.9. The average Bonchev–Trinajstić information content (AvgIpc) is 3.11. The second kappa shape index (κ2) is 8.03. The summed E-state index contributed by atoms with van der Waals surface area (Å²) in [4.78, 5) is 17.2. The zero-order valence-electron chi connectivity index (χ0n) is 15.6. The van der Waals surface area contributed by atoms with Crippen LogP contribution in [0, 0.1) is 6.92 Å². The van der Waals surface area contributed by atoms with E-state index in [0.717, 1.165) is 20.8 Å². The third-order valence-electron chi connectivity index (χ3n) is 4.40. The Bertz CT molecular complexity index is 1200. The molecule has 0 aliphatic carbocycles. The molecule has 29 heavy (non-hydrogen) atoms. The molecule has 0 spiro atoms. The zero-order valence-corrected chi connectivity index (χ0v) is 18.0. The largest absolute Gasteiger partial charge is 0.494 e. The summed E-state index contributed by atoms with van der Waals surface area (Å²) in [6.07, 6.45) is 0. The maximum atomic E-state index is 12.5. The van der Waals surface area contributed by atoms with Gasteiger partial charge in [-0.15, -0.1) is 11.3 Å². The van der Waals surface area contributed by atoms with E-state index in [0.29, 0.717) is 17.0 Å². The number of aryl methyl sites for hydroxylation is 1. The van der Waals surface area contributed by atoms with E-state index in [1.807, 2.05) is 30.3 Å². The van der Waals surface area contributed by atoms with Crippen LogP contribution in [0.1, 0.15) is 15.9 Å². The van der Waals surface area contributed by atoms with E-state index < -0.39 is 0 Å². The number of nitrogens with one attached hydrogen (secondary N) is 1. The number of thiazole rings is 1. The number of methoxy groups -OCH3 is 1. The van der Waals surface area contributed by atoms with Crippen LogP contribution in [0.5, 0.6) is 5.75 Å². The van der Waals surface area contributed by atoms with Gasteiger partial charge < -0.3 is 10.1 Å². The molecule has 1 aromatic heterocycles. The minimum Gasteiger partial charge on any atom is -0.494 e. The Balaban J connectivity index is 1.54. The molecule has 4 rings (SSSR count). The summed E-state index contributed by atoms with van der Waals surface area (Å²) >= 11 is 13.9. The number of rotatable bonds is 4. The summed E-state index contributed by atoms with van der Waals surface area (Å²) in [6.45, 7) is 2.07. The summed E-state index contributed by atoms with van der Waals surface area (Å²) < 4.78 is 6.27. The third kappa shape index (κ3) is 4.08. The van der Waals surface area contributed by atoms with Gasteiger partial charge in [-0.3, -0.25) is 4.79 Å². The van der Waals surface area contributed by atoms with Crippen molar-refractivity contribution in [2.45, 2.75) is 6.92 Å². The topological polar surface area (TPSA) is 51.2 Å². The van der Waals surface area contributed by atoms with Crippen molar-refractivity contribution >= 4 is 56.3 Å². The van der Waals surface area contributed by atoms with Gasteiger partial charge in [0, 0.05) is 16.8 Å². The van der Waals surface area contributed by atoms with Crippen molar-refractivity contribution in [3.8, 4) is 16.3 Å². The fourth-order valence-electron chi connectivity index (χ4n) is 2.94. The van der Waals surface area contributed by atoms with Crippen molar-refractivity contribution in [1.29, 1.82) is 0 Å². The third-order valence-corrected chi connectivity index (χ3v) is 6.03. The molecule has 146 valence electrons. The van der Waals surface area contributed by atoms with Crippen LogP contribution in [0.25, 0.3) is 20.8 Å². The molecule has 0 radical (unpaired) electrons. The number of ether oxygens (including phenoxy) is 1. The molecule has 0 atom stereocenters. The highest BCUT2D eigenvalue weighted by Crippen LogP contribution is 2.34. The van der Waals surface area contributed by atoms with Crippen molar-refractivity contribution in [2.75, 3.05) is 12.4 Å². The first-order valence-electron chi connectivity index (χ1n) is 8.76. The van der Waals surface area contributed by atoms with Gasteiger partial charge in [0.2, 0.25) is 0 Å². The fourth-order valence-corrected chi connectivity index (χ4v) is 4.65. The second-order valence-electron chi connectivity index (χ2n) is 6.49.